The summed E-state index contributed by atoms with van der Waals surface area (Å²) in [4.78, 5) is 20.5. The summed E-state index contributed by atoms with van der Waals surface area (Å²) < 4.78 is 9.01. The zero-order valence-corrected chi connectivity index (χ0v) is 14.9. The fourth-order valence-corrected chi connectivity index (χ4v) is 4.49. The number of morpholine rings is 1. The molecule has 5 nitrogen and oxygen atoms in total. The number of para-hydroxylation sites is 1. The van der Waals surface area contributed by atoms with Crippen LogP contribution in [0.4, 0.5) is 5.95 Å². The van der Waals surface area contributed by atoms with Crippen LogP contribution >= 0.6 is 11.3 Å². The summed E-state index contributed by atoms with van der Waals surface area (Å²) in [6.45, 7) is 2.75. The highest BCUT2D eigenvalue weighted by atomic mass is 32.1. The summed E-state index contributed by atoms with van der Waals surface area (Å²) in [5.74, 6) is 0.695. The number of aromatic nitrogens is 2. The number of hydrogen-bond donors (Lipinski definition) is 0. The van der Waals surface area contributed by atoms with Gasteiger partial charge in [-0.15, -0.1) is 11.3 Å². The van der Waals surface area contributed by atoms with Crippen molar-refractivity contribution in [2.45, 2.75) is 0 Å². The molecule has 1 aliphatic rings. The van der Waals surface area contributed by atoms with Crippen molar-refractivity contribution in [1.29, 1.82) is 0 Å². The van der Waals surface area contributed by atoms with Crippen LogP contribution < -0.4 is 10.5 Å². The van der Waals surface area contributed by atoms with Crippen LogP contribution in [-0.2, 0) is 4.74 Å². The Bertz CT molecular complexity index is 1140. The maximum Gasteiger partial charge on any atom is 0.277 e. The van der Waals surface area contributed by atoms with E-state index >= 15 is 0 Å². The van der Waals surface area contributed by atoms with E-state index < -0.39 is 0 Å². The molecule has 1 fully saturated rings. The molecule has 3 heterocycles. The second-order valence-electron chi connectivity index (χ2n) is 6.26. The average molecular weight is 363 g/mol. The fourth-order valence-electron chi connectivity index (χ4n) is 3.42. The summed E-state index contributed by atoms with van der Waals surface area (Å²) in [6.07, 6.45) is 0. The minimum Gasteiger partial charge on any atom is -0.378 e. The van der Waals surface area contributed by atoms with Gasteiger partial charge in [0.15, 0.2) is 0 Å². The van der Waals surface area contributed by atoms with Gasteiger partial charge >= 0.3 is 0 Å². The maximum absolute atomic E-state index is 13.4. The lowest BCUT2D eigenvalue weighted by Crippen LogP contribution is -2.40. The Hall–Kier alpha value is -2.70. The molecular formula is C20H17N3O2S. The van der Waals surface area contributed by atoms with Gasteiger partial charge in [0.25, 0.3) is 5.56 Å². The molecule has 0 atom stereocenters. The number of thiophene rings is 1. The number of benzene rings is 2. The van der Waals surface area contributed by atoms with Gasteiger partial charge in [0.2, 0.25) is 5.95 Å². The van der Waals surface area contributed by atoms with E-state index in [1.807, 2.05) is 54.6 Å². The van der Waals surface area contributed by atoms with Gasteiger partial charge in [0.05, 0.1) is 24.4 Å². The molecule has 6 heteroatoms. The van der Waals surface area contributed by atoms with E-state index in [1.54, 1.807) is 4.57 Å². The third-order valence-corrected chi connectivity index (χ3v) is 5.83. The van der Waals surface area contributed by atoms with E-state index in [0.717, 1.165) is 34.4 Å². The van der Waals surface area contributed by atoms with Crippen LogP contribution in [0.15, 0.2) is 59.4 Å². The van der Waals surface area contributed by atoms with Gasteiger partial charge in [-0.1, -0.05) is 36.4 Å². The normalized spacial score (nSPS) is 15.0. The van der Waals surface area contributed by atoms with Gasteiger partial charge < -0.3 is 9.64 Å². The molecule has 2 aromatic carbocycles. The van der Waals surface area contributed by atoms with Gasteiger partial charge in [-0.25, -0.2) is 9.55 Å². The lowest BCUT2D eigenvalue weighted by molar-refractivity contribution is 0.122. The lowest BCUT2D eigenvalue weighted by Gasteiger charge is -2.29. The van der Waals surface area contributed by atoms with E-state index in [1.165, 1.54) is 11.3 Å². The molecule has 4 aromatic rings. The average Bonchev–Trinajstić information content (AvgIpc) is 3.08. The first-order chi connectivity index (χ1) is 12.8. The molecule has 0 aliphatic carbocycles. The van der Waals surface area contributed by atoms with Crippen molar-refractivity contribution in [3.05, 3.63) is 65.0 Å². The SMILES string of the molecule is O=c1c2sc3ccccc3c2nc(N2CCOCC2)n1-c1ccccc1. The largest absolute Gasteiger partial charge is 0.378 e. The highest BCUT2D eigenvalue weighted by Crippen LogP contribution is 2.32. The first-order valence-corrected chi connectivity index (χ1v) is 9.47. The predicted octanol–water partition coefficient (Wildman–Crippen LogP) is 3.44. The van der Waals surface area contributed by atoms with Crippen LogP contribution in [0.1, 0.15) is 0 Å². The fraction of sp³-hybridized carbons (Fsp3) is 0.200. The van der Waals surface area contributed by atoms with Crippen LogP contribution in [0.25, 0.3) is 26.0 Å². The first-order valence-electron chi connectivity index (χ1n) is 8.65. The molecule has 0 amide bonds. The third kappa shape index (κ3) is 2.41. The minimum atomic E-state index is -0.0103. The molecule has 0 radical (unpaired) electrons. The Kier molecular flexibility index (Phi) is 3.72. The van der Waals surface area contributed by atoms with Crippen molar-refractivity contribution < 1.29 is 4.74 Å². The van der Waals surface area contributed by atoms with Crippen molar-refractivity contribution >= 4 is 37.6 Å². The van der Waals surface area contributed by atoms with Crippen LogP contribution in [-0.4, -0.2) is 35.9 Å². The molecule has 0 spiro atoms. The molecule has 1 aliphatic heterocycles. The maximum atomic E-state index is 13.4. The molecule has 0 unspecified atom stereocenters. The van der Waals surface area contributed by atoms with Gasteiger partial charge in [-0.3, -0.25) is 4.79 Å². The predicted molar refractivity (Wildman–Crippen MR) is 106 cm³/mol. The van der Waals surface area contributed by atoms with Gasteiger partial charge in [-0.2, -0.15) is 0 Å². The van der Waals surface area contributed by atoms with Gasteiger partial charge in [0.1, 0.15) is 4.70 Å². The minimum absolute atomic E-state index is 0.0103. The highest BCUT2D eigenvalue weighted by molar-refractivity contribution is 7.25. The van der Waals surface area contributed by atoms with Crippen molar-refractivity contribution in [1.82, 2.24) is 9.55 Å². The van der Waals surface area contributed by atoms with Gasteiger partial charge in [0, 0.05) is 23.2 Å². The number of fused-ring (bicyclic) bond motifs is 3. The summed E-state index contributed by atoms with van der Waals surface area (Å²) >= 11 is 1.51. The van der Waals surface area contributed by atoms with E-state index in [9.17, 15) is 4.79 Å². The van der Waals surface area contributed by atoms with Crippen molar-refractivity contribution in [3.63, 3.8) is 0 Å². The molecule has 2 aromatic heterocycles. The number of hydrogen-bond acceptors (Lipinski definition) is 5. The first kappa shape index (κ1) is 15.5. The molecule has 130 valence electrons. The number of anilines is 1. The standard InChI is InChI=1S/C20H17N3O2S/c24-19-18-17(15-8-4-5-9-16(15)26-18)21-20(22-10-12-25-13-11-22)23(19)14-6-2-1-3-7-14/h1-9H,10-13H2. The van der Waals surface area contributed by atoms with Gasteiger partial charge in [-0.05, 0) is 18.2 Å². The Morgan fingerprint density at radius 1 is 0.962 bits per heavy atom. The van der Waals surface area contributed by atoms with Crippen LogP contribution in [0.3, 0.4) is 0 Å². The van der Waals surface area contributed by atoms with Crippen molar-refractivity contribution in [3.8, 4) is 5.69 Å². The Morgan fingerprint density at radius 2 is 1.69 bits per heavy atom. The topological polar surface area (TPSA) is 47.4 Å². The second-order valence-corrected chi connectivity index (χ2v) is 7.32. The van der Waals surface area contributed by atoms with E-state index in [2.05, 4.69) is 4.90 Å². The molecule has 1 saturated heterocycles. The number of nitrogens with zero attached hydrogens (tertiary/aromatic N) is 3. The van der Waals surface area contributed by atoms with Crippen LogP contribution in [0.2, 0.25) is 0 Å². The molecule has 0 bridgehead atoms. The second kappa shape index (κ2) is 6.23. The van der Waals surface area contributed by atoms with E-state index in [0.29, 0.717) is 23.9 Å². The Morgan fingerprint density at radius 3 is 2.50 bits per heavy atom. The Balaban J connectivity index is 1.86. The summed E-state index contributed by atoms with van der Waals surface area (Å²) in [7, 11) is 0. The quantitative estimate of drug-likeness (QED) is 0.547. The van der Waals surface area contributed by atoms with E-state index in [4.69, 9.17) is 9.72 Å². The lowest BCUT2D eigenvalue weighted by atomic mass is 10.2. The zero-order chi connectivity index (χ0) is 17.5. The smallest absolute Gasteiger partial charge is 0.277 e. The molecule has 5 rings (SSSR count). The molecule has 26 heavy (non-hydrogen) atoms. The molecule has 0 saturated carbocycles. The molecular weight excluding hydrogens is 346 g/mol. The van der Waals surface area contributed by atoms with E-state index in [-0.39, 0.29) is 5.56 Å². The summed E-state index contributed by atoms with van der Waals surface area (Å²) in [5.41, 5.74) is 1.62. The summed E-state index contributed by atoms with van der Waals surface area (Å²) in [6, 6.07) is 17.8. The number of ether oxygens (including phenoxy) is 1. The van der Waals surface area contributed by atoms with Crippen molar-refractivity contribution in [2.24, 2.45) is 0 Å². The third-order valence-electron chi connectivity index (χ3n) is 4.69. The monoisotopic (exact) mass is 363 g/mol. The summed E-state index contributed by atoms with van der Waals surface area (Å²) in [5, 5.41) is 1.04. The highest BCUT2D eigenvalue weighted by Gasteiger charge is 2.22. The van der Waals surface area contributed by atoms with Crippen molar-refractivity contribution in [2.75, 3.05) is 31.2 Å². The zero-order valence-electron chi connectivity index (χ0n) is 14.1. The van der Waals surface area contributed by atoms with Crippen LogP contribution in [0.5, 0.6) is 0 Å². The Labute approximate surface area is 154 Å². The number of rotatable bonds is 2. The van der Waals surface area contributed by atoms with Crippen LogP contribution in [0, 0.1) is 0 Å². The molecule has 0 N–H and O–H groups in total.